The molecule has 198 valence electrons. The first kappa shape index (κ1) is 27.0. The molecule has 0 bridgehead atoms. The number of carbonyl (C=O) groups is 4. The third kappa shape index (κ3) is 6.62. The van der Waals surface area contributed by atoms with Crippen LogP contribution in [0.5, 0.6) is 0 Å². The van der Waals surface area contributed by atoms with Crippen molar-refractivity contribution in [1.29, 1.82) is 0 Å². The number of thiazole rings is 1. The Morgan fingerprint density at radius 1 is 1.11 bits per heavy atom. The number of aromatic nitrogens is 2. The molecular formula is C24H30ClN7O4S. The summed E-state index contributed by atoms with van der Waals surface area (Å²) in [7, 11) is 3.38. The Balaban J connectivity index is 1.45. The molecule has 1 fully saturated rings. The molecule has 3 heterocycles. The summed E-state index contributed by atoms with van der Waals surface area (Å²) in [6.07, 6.45) is 3.37. The highest BCUT2D eigenvalue weighted by Gasteiger charge is 2.37. The van der Waals surface area contributed by atoms with Crippen LogP contribution in [0.4, 0.5) is 5.82 Å². The predicted molar refractivity (Wildman–Crippen MR) is 139 cm³/mol. The highest BCUT2D eigenvalue weighted by molar-refractivity contribution is 7.13. The Bertz CT molecular complexity index is 1190. The number of anilines is 1. The Morgan fingerprint density at radius 2 is 1.89 bits per heavy atom. The molecule has 4 atom stereocenters. The van der Waals surface area contributed by atoms with E-state index in [2.05, 4.69) is 38.2 Å². The average Bonchev–Trinajstić information content (AvgIpc) is 3.29. The average molecular weight is 548 g/mol. The molecule has 2 aromatic rings. The second kappa shape index (κ2) is 11.5. The summed E-state index contributed by atoms with van der Waals surface area (Å²) in [6.45, 7) is 2.74. The summed E-state index contributed by atoms with van der Waals surface area (Å²) in [4.78, 5) is 62.0. The number of pyridine rings is 1. The minimum Gasteiger partial charge on any atom is -0.349 e. The molecule has 0 aromatic carbocycles. The molecule has 0 unspecified atom stereocenters. The number of halogens is 1. The van der Waals surface area contributed by atoms with Crippen LogP contribution in [0, 0.1) is 5.92 Å². The predicted octanol–water partition coefficient (Wildman–Crippen LogP) is 1.34. The Kier molecular flexibility index (Phi) is 8.40. The molecule has 1 saturated carbocycles. The van der Waals surface area contributed by atoms with E-state index in [1.807, 2.05) is 0 Å². The molecule has 37 heavy (non-hydrogen) atoms. The summed E-state index contributed by atoms with van der Waals surface area (Å²) in [6, 6.07) is 2.22. The molecule has 1 aliphatic heterocycles. The van der Waals surface area contributed by atoms with Crippen molar-refractivity contribution in [3.05, 3.63) is 38.9 Å². The monoisotopic (exact) mass is 547 g/mol. The largest absolute Gasteiger partial charge is 0.349 e. The van der Waals surface area contributed by atoms with Crippen LogP contribution in [0.2, 0.25) is 5.02 Å². The van der Waals surface area contributed by atoms with Crippen molar-refractivity contribution in [1.82, 2.24) is 30.8 Å². The third-order valence-corrected chi connectivity index (χ3v) is 7.85. The van der Waals surface area contributed by atoms with Gasteiger partial charge < -0.3 is 26.2 Å². The van der Waals surface area contributed by atoms with Gasteiger partial charge in [-0.1, -0.05) is 11.6 Å². The molecule has 0 spiro atoms. The molecule has 2 aliphatic rings. The SMILES string of the molecule is C[C@@H]1Cc2nc(C(=O)N[C@@H]3C[C@@H](C(=O)N(C)C)CC[C@@H]3NC(=O)C(=O)Nc3ccc(Cl)cn3)sc2CN1. The minimum absolute atomic E-state index is 0.0413. The number of amides is 4. The minimum atomic E-state index is -0.888. The fraction of sp³-hybridized carbons (Fsp3) is 0.500. The number of rotatable bonds is 5. The molecule has 13 heteroatoms. The Hall–Kier alpha value is -3.09. The molecule has 11 nitrogen and oxygen atoms in total. The lowest BCUT2D eigenvalue weighted by Crippen LogP contribution is -2.57. The van der Waals surface area contributed by atoms with Gasteiger partial charge in [-0.3, -0.25) is 19.2 Å². The summed E-state index contributed by atoms with van der Waals surface area (Å²) < 4.78 is 0. The smallest absolute Gasteiger partial charge is 0.314 e. The normalized spacial score (nSPS) is 22.9. The summed E-state index contributed by atoms with van der Waals surface area (Å²) in [5, 5.41) is 12.2. The maximum absolute atomic E-state index is 13.2. The molecule has 4 N–H and O–H groups in total. The van der Waals surface area contributed by atoms with Crippen molar-refractivity contribution in [2.45, 2.75) is 57.3 Å². The lowest BCUT2D eigenvalue weighted by Gasteiger charge is -2.37. The van der Waals surface area contributed by atoms with E-state index in [1.54, 1.807) is 20.2 Å². The van der Waals surface area contributed by atoms with Crippen LogP contribution in [0.15, 0.2) is 18.3 Å². The van der Waals surface area contributed by atoms with Gasteiger partial charge in [0.25, 0.3) is 5.91 Å². The van der Waals surface area contributed by atoms with E-state index >= 15 is 0 Å². The van der Waals surface area contributed by atoms with E-state index in [1.165, 1.54) is 28.5 Å². The number of carbonyl (C=O) groups excluding carboxylic acids is 4. The van der Waals surface area contributed by atoms with Gasteiger partial charge in [0.15, 0.2) is 5.01 Å². The molecular weight excluding hydrogens is 518 g/mol. The van der Waals surface area contributed by atoms with Crippen LogP contribution in [0.3, 0.4) is 0 Å². The number of hydrogen-bond donors (Lipinski definition) is 4. The van der Waals surface area contributed by atoms with Gasteiger partial charge in [-0.2, -0.15) is 0 Å². The number of fused-ring (bicyclic) bond motifs is 1. The van der Waals surface area contributed by atoms with Crippen molar-refractivity contribution < 1.29 is 19.2 Å². The van der Waals surface area contributed by atoms with Crippen LogP contribution in [-0.4, -0.2) is 70.7 Å². The van der Waals surface area contributed by atoms with Crippen LogP contribution >= 0.6 is 22.9 Å². The van der Waals surface area contributed by atoms with E-state index in [-0.39, 0.29) is 29.6 Å². The molecule has 1 aliphatic carbocycles. The molecule has 4 amide bonds. The zero-order chi connectivity index (χ0) is 26.7. The Labute approximate surface area is 223 Å². The van der Waals surface area contributed by atoms with E-state index in [9.17, 15) is 19.2 Å². The fourth-order valence-corrected chi connectivity index (χ4v) is 5.64. The first-order chi connectivity index (χ1) is 17.6. The molecule has 2 aromatic heterocycles. The third-order valence-electron chi connectivity index (χ3n) is 6.53. The van der Waals surface area contributed by atoms with Crippen LogP contribution < -0.4 is 21.3 Å². The number of nitrogens with one attached hydrogen (secondary N) is 4. The molecule has 4 rings (SSSR count). The van der Waals surface area contributed by atoms with Gasteiger partial charge in [-0.05, 0) is 38.3 Å². The van der Waals surface area contributed by atoms with Gasteiger partial charge in [0.1, 0.15) is 5.82 Å². The standard InChI is InChI=1S/C24H30ClN7O4S/c1-12-8-17-18(11-26-12)37-23(30-17)22(35)29-16-9-13(24(36)32(2)3)4-6-15(16)28-20(33)21(34)31-19-7-5-14(25)10-27-19/h5,7,10,12-13,15-16,26H,4,6,8-9,11H2,1-3H3,(H,28,33)(H,29,35)(H,27,31,34)/t12-,13+,15+,16-/m1/s1. The van der Waals surface area contributed by atoms with Gasteiger partial charge in [-0.25, -0.2) is 9.97 Å². The summed E-state index contributed by atoms with van der Waals surface area (Å²) in [5.74, 6) is -2.27. The summed E-state index contributed by atoms with van der Waals surface area (Å²) >= 11 is 7.15. The van der Waals surface area contributed by atoms with Crippen molar-refractivity contribution in [2.24, 2.45) is 5.92 Å². The lowest BCUT2D eigenvalue weighted by molar-refractivity contribution is -0.137. The van der Waals surface area contributed by atoms with Crippen molar-refractivity contribution in [2.75, 3.05) is 19.4 Å². The van der Waals surface area contributed by atoms with Crippen molar-refractivity contribution in [3.8, 4) is 0 Å². The first-order valence-electron chi connectivity index (χ1n) is 12.1. The van der Waals surface area contributed by atoms with E-state index < -0.39 is 23.9 Å². The highest BCUT2D eigenvalue weighted by Crippen LogP contribution is 2.28. The van der Waals surface area contributed by atoms with Crippen LogP contribution in [-0.2, 0) is 27.3 Å². The van der Waals surface area contributed by atoms with E-state index in [0.29, 0.717) is 35.8 Å². The van der Waals surface area contributed by atoms with E-state index in [0.717, 1.165) is 17.0 Å². The number of hydrogen-bond acceptors (Lipinski definition) is 8. The zero-order valence-corrected chi connectivity index (χ0v) is 22.4. The fourth-order valence-electron chi connectivity index (χ4n) is 4.59. The lowest BCUT2D eigenvalue weighted by atomic mass is 9.81. The highest BCUT2D eigenvalue weighted by atomic mass is 35.5. The van der Waals surface area contributed by atoms with Crippen molar-refractivity contribution in [3.63, 3.8) is 0 Å². The van der Waals surface area contributed by atoms with Crippen molar-refractivity contribution >= 4 is 52.4 Å². The van der Waals surface area contributed by atoms with Gasteiger partial charge in [0, 0.05) is 56.1 Å². The second-order valence-corrected chi connectivity index (χ2v) is 11.1. The van der Waals surface area contributed by atoms with Gasteiger partial charge in [0.2, 0.25) is 5.91 Å². The first-order valence-corrected chi connectivity index (χ1v) is 13.3. The van der Waals surface area contributed by atoms with Crippen LogP contribution in [0.25, 0.3) is 0 Å². The quantitative estimate of drug-likeness (QED) is 0.413. The second-order valence-electron chi connectivity index (χ2n) is 9.59. The maximum Gasteiger partial charge on any atom is 0.314 e. The maximum atomic E-state index is 13.2. The Morgan fingerprint density at radius 3 is 2.59 bits per heavy atom. The van der Waals surface area contributed by atoms with E-state index in [4.69, 9.17) is 11.6 Å². The zero-order valence-electron chi connectivity index (χ0n) is 20.8. The topological polar surface area (TPSA) is 145 Å². The molecule has 0 radical (unpaired) electrons. The molecule has 0 saturated heterocycles. The summed E-state index contributed by atoms with van der Waals surface area (Å²) in [5.41, 5.74) is 0.919. The van der Waals surface area contributed by atoms with Gasteiger partial charge >= 0.3 is 11.8 Å². The number of nitrogens with zero attached hydrogens (tertiary/aromatic N) is 3. The van der Waals surface area contributed by atoms with Crippen LogP contribution in [0.1, 0.15) is 46.6 Å². The van der Waals surface area contributed by atoms with Gasteiger partial charge in [-0.15, -0.1) is 11.3 Å². The van der Waals surface area contributed by atoms with Gasteiger partial charge in [0.05, 0.1) is 16.8 Å².